The predicted octanol–water partition coefficient (Wildman–Crippen LogP) is 3.12. The Balaban J connectivity index is 2.34. The van der Waals surface area contributed by atoms with Gasteiger partial charge < -0.3 is 5.32 Å². The van der Waals surface area contributed by atoms with Gasteiger partial charge in [-0.1, -0.05) is 26.0 Å². The van der Waals surface area contributed by atoms with Crippen LogP contribution in [0.25, 0.3) is 6.08 Å². The van der Waals surface area contributed by atoms with Gasteiger partial charge in [0, 0.05) is 12.6 Å². The largest absolute Gasteiger partial charge is 0.353 e. The molecule has 1 N–H and O–H groups in total. The normalized spacial score (nSPS) is 10.6. The molecule has 0 heterocycles. The zero-order valence-electron chi connectivity index (χ0n) is 11.5. The zero-order valence-corrected chi connectivity index (χ0v) is 11.5. The van der Waals surface area contributed by atoms with E-state index < -0.39 is 0 Å². The highest BCUT2D eigenvalue weighted by Crippen LogP contribution is 2.05. The van der Waals surface area contributed by atoms with Crippen LogP contribution >= 0.6 is 0 Å². The first-order chi connectivity index (χ1) is 9.11. The third-order valence-electron chi connectivity index (χ3n) is 2.72. The highest BCUT2D eigenvalue weighted by molar-refractivity contribution is 5.91. The molecule has 19 heavy (non-hydrogen) atoms. The molecule has 0 bridgehead atoms. The molecule has 0 radical (unpaired) electrons. The van der Waals surface area contributed by atoms with Gasteiger partial charge in [-0.15, -0.1) is 0 Å². The van der Waals surface area contributed by atoms with Crippen LogP contribution in [0.2, 0.25) is 0 Å². The molecule has 100 valence electrons. The number of nitrogens with one attached hydrogen (secondary N) is 1. The van der Waals surface area contributed by atoms with E-state index in [9.17, 15) is 4.79 Å². The first kappa shape index (κ1) is 15.0. The summed E-state index contributed by atoms with van der Waals surface area (Å²) in [7, 11) is 0. The minimum atomic E-state index is -0.0758. The highest BCUT2D eigenvalue weighted by atomic mass is 16.1. The van der Waals surface area contributed by atoms with Gasteiger partial charge in [0.2, 0.25) is 5.91 Å². The molecule has 0 spiro atoms. The maximum Gasteiger partial charge on any atom is 0.243 e. The van der Waals surface area contributed by atoms with Crippen molar-refractivity contribution in [2.75, 3.05) is 6.54 Å². The van der Waals surface area contributed by atoms with E-state index in [-0.39, 0.29) is 5.91 Å². The van der Waals surface area contributed by atoms with Crippen molar-refractivity contribution in [1.29, 1.82) is 5.26 Å². The Labute approximate surface area is 114 Å². The molecule has 0 unspecified atom stereocenters. The summed E-state index contributed by atoms with van der Waals surface area (Å²) >= 11 is 0. The van der Waals surface area contributed by atoms with Gasteiger partial charge in [-0.2, -0.15) is 5.26 Å². The Morgan fingerprint density at radius 2 is 2.05 bits per heavy atom. The third-order valence-corrected chi connectivity index (χ3v) is 2.72. The van der Waals surface area contributed by atoms with Crippen molar-refractivity contribution in [3.8, 4) is 6.07 Å². The van der Waals surface area contributed by atoms with E-state index in [1.54, 1.807) is 18.2 Å². The molecule has 0 saturated carbocycles. The second kappa shape index (κ2) is 8.10. The summed E-state index contributed by atoms with van der Waals surface area (Å²) in [5, 5.41) is 11.5. The molecule has 3 heteroatoms. The van der Waals surface area contributed by atoms with Gasteiger partial charge in [0.1, 0.15) is 0 Å². The Bertz CT molecular complexity index is 467. The number of nitrogens with zero attached hydrogens (tertiary/aromatic N) is 1. The lowest BCUT2D eigenvalue weighted by Crippen LogP contribution is -2.22. The van der Waals surface area contributed by atoms with Crippen LogP contribution in [0, 0.1) is 17.2 Å². The van der Waals surface area contributed by atoms with Crippen molar-refractivity contribution in [3.63, 3.8) is 0 Å². The van der Waals surface area contributed by atoms with Crippen molar-refractivity contribution in [3.05, 3.63) is 41.5 Å². The second-order valence-electron chi connectivity index (χ2n) is 4.89. The zero-order chi connectivity index (χ0) is 14.1. The number of hydrogen-bond donors (Lipinski definition) is 1. The fourth-order valence-corrected chi connectivity index (χ4v) is 1.62. The van der Waals surface area contributed by atoms with Crippen LogP contribution in [0.4, 0.5) is 0 Å². The highest BCUT2D eigenvalue weighted by Gasteiger charge is 1.97. The Kier molecular flexibility index (Phi) is 6.38. The molecule has 1 aromatic rings. The van der Waals surface area contributed by atoms with Gasteiger partial charge in [0.25, 0.3) is 0 Å². The monoisotopic (exact) mass is 256 g/mol. The van der Waals surface area contributed by atoms with E-state index in [2.05, 4.69) is 25.2 Å². The van der Waals surface area contributed by atoms with Crippen LogP contribution in [-0.4, -0.2) is 12.5 Å². The molecule has 1 aromatic carbocycles. The first-order valence-electron chi connectivity index (χ1n) is 6.58. The molecule has 1 rings (SSSR count). The van der Waals surface area contributed by atoms with Crippen molar-refractivity contribution >= 4 is 12.0 Å². The van der Waals surface area contributed by atoms with Gasteiger partial charge in [-0.05, 0) is 42.5 Å². The van der Waals surface area contributed by atoms with E-state index in [4.69, 9.17) is 5.26 Å². The summed E-state index contributed by atoms with van der Waals surface area (Å²) in [6.45, 7) is 5.06. The average molecular weight is 256 g/mol. The number of carbonyl (C=O) groups is 1. The molecule has 0 aliphatic heterocycles. The number of amides is 1. The predicted molar refractivity (Wildman–Crippen MR) is 77.3 cm³/mol. The molecule has 3 nitrogen and oxygen atoms in total. The molecular weight excluding hydrogens is 236 g/mol. The van der Waals surface area contributed by atoms with E-state index in [1.807, 2.05) is 12.1 Å². The maximum absolute atomic E-state index is 11.5. The minimum Gasteiger partial charge on any atom is -0.353 e. The Morgan fingerprint density at radius 3 is 2.63 bits per heavy atom. The summed E-state index contributed by atoms with van der Waals surface area (Å²) in [5.41, 5.74) is 1.53. The summed E-state index contributed by atoms with van der Waals surface area (Å²) in [6.07, 6.45) is 5.41. The van der Waals surface area contributed by atoms with Gasteiger partial charge in [0.15, 0.2) is 0 Å². The van der Waals surface area contributed by atoms with E-state index in [0.29, 0.717) is 18.0 Å². The number of benzene rings is 1. The second-order valence-corrected chi connectivity index (χ2v) is 4.89. The number of nitriles is 1. The molecular formula is C16H20N2O. The van der Waals surface area contributed by atoms with Gasteiger partial charge in [0.05, 0.1) is 11.6 Å². The fourth-order valence-electron chi connectivity index (χ4n) is 1.62. The van der Waals surface area contributed by atoms with Crippen LogP contribution < -0.4 is 5.32 Å². The van der Waals surface area contributed by atoms with Crippen molar-refractivity contribution in [2.24, 2.45) is 5.92 Å². The first-order valence-corrected chi connectivity index (χ1v) is 6.58. The maximum atomic E-state index is 11.5. The van der Waals surface area contributed by atoms with Crippen LogP contribution in [0.1, 0.15) is 37.8 Å². The lowest BCUT2D eigenvalue weighted by atomic mass is 10.1. The Morgan fingerprint density at radius 1 is 1.37 bits per heavy atom. The third kappa shape index (κ3) is 6.42. The molecule has 0 saturated heterocycles. The number of hydrogen-bond acceptors (Lipinski definition) is 2. The summed E-state index contributed by atoms with van der Waals surface area (Å²) in [6, 6.07) is 9.17. The topological polar surface area (TPSA) is 52.9 Å². The van der Waals surface area contributed by atoms with Crippen LogP contribution in [0.3, 0.4) is 0 Å². The van der Waals surface area contributed by atoms with Crippen molar-refractivity contribution in [2.45, 2.75) is 26.7 Å². The van der Waals surface area contributed by atoms with Gasteiger partial charge >= 0.3 is 0 Å². The minimum absolute atomic E-state index is 0.0758. The lowest BCUT2D eigenvalue weighted by molar-refractivity contribution is -0.116. The fraction of sp³-hybridized carbons (Fsp3) is 0.375. The number of rotatable bonds is 6. The average Bonchev–Trinajstić information content (AvgIpc) is 2.41. The van der Waals surface area contributed by atoms with Crippen LogP contribution in [-0.2, 0) is 4.79 Å². The molecule has 0 aromatic heterocycles. The molecule has 0 fully saturated rings. The van der Waals surface area contributed by atoms with Crippen LogP contribution in [0.15, 0.2) is 30.3 Å². The standard InChI is InChI=1S/C16H20N2O/c1-13(2)4-3-11-18-16(19)10-9-14-5-7-15(12-17)8-6-14/h5-10,13H,3-4,11H2,1-2H3,(H,18,19)/b10-9+. The van der Waals surface area contributed by atoms with Crippen molar-refractivity contribution < 1.29 is 4.79 Å². The SMILES string of the molecule is CC(C)CCCNC(=O)/C=C/c1ccc(C#N)cc1. The summed E-state index contributed by atoms with van der Waals surface area (Å²) in [4.78, 5) is 11.5. The summed E-state index contributed by atoms with van der Waals surface area (Å²) in [5.74, 6) is 0.596. The molecule has 1 amide bonds. The van der Waals surface area contributed by atoms with E-state index in [0.717, 1.165) is 18.4 Å². The lowest BCUT2D eigenvalue weighted by Gasteiger charge is -2.04. The van der Waals surface area contributed by atoms with Crippen LogP contribution in [0.5, 0.6) is 0 Å². The quantitative estimate of drug-likeness (QED) is 0.628. The van der Waals surface area contributed by atoms with Crippen molar-refractivity contribution in [1.82, 2.24) is 5.32 Å². The molecule has 0 atom stereocenters. The van der Waals surface area contributed by atoms with Gasteiger partial charge in [-0.25, -0.2) is 0 Å². The van der Waals surface area contributed by atoms with E-state index in [1.165, 1.54) is 6.08 Å². The molecule has 0 aliphatic carbocycles. The Hall–Kier alpha value is -2.08. The van der Waals surface area contributed by atoms with E-state index >= 15 is 0 Å². The summed E-state index contributed by atoms with van der Waals surface area (Å²) < 4.78 is 0. The molecule has 0 aliphatic rings. The number of carbonyl (C=O) groups excluding carboxylic acids is 1. The smallest absolute Gasteiger partial charge is 0.243 e. The van der Waals surface area contributed by atoms with Gasteiger partial charge in [-0.3, -0.25) is 4.79 Å².